The van der Waals surface area contributed by atoms with Crippen LogP contribution >= 0.6 is 11.6 Å². The molecule has 0 amide bonds. The first-order valence-corrected chi connectivity index (χ1v) is 17.5. The van der Waals surface area contributed by atoms with E-state index in [-0.39, 0.29) is 23.4 Å². The summed E-state index contributed by atoms with van der Waals surface area (Å²) in [7, 11) is -0.408. The average molecular weight is 631 g/mol. The summed E-state index contributed by atoms with van der Waals surface area (Å²) >= 11 is 6.41. The third-order valence-electron chi connectivity index (χ3n) is 10.7. The number of nitrogens with zero attached hydrogens (tertiary/aromatic N) is 1. The highest BCUT2D eigenvalue weighted by atomic mass is 35.5. The summed E-state index contributed by atoms with van der Waals surface area (Å²) in [5.41, 5.74) is 3.77. The van der Waals surface area contributed by atoms with E-state index in [9.17, 15) is 13.2 Å². The fourth-order valence-corrected chi connectivity index (χ4v) is 9.60. The van der Waals surface area contributed by atoms with Gasteiger partial charge >= 0.3 is 5.97 Å². The quantitative estimate of drug-likeness (QED) is 0.403. The van der Waals surface area contributed by atoms with Crippen LogP contribution in [0.5, 0.6) is 5.75 Å². The normalized spacial score (nSPS) is 29.4. The molecule has 6 rings (SSSR count). The fourth-order valence-electron chi connectivity index (χ4n) is 8.39. The molecule has 2 fully saturated rings. The average Bonchev–Trinajstić information content (AvgIpc) is 3.14. The van der Waals surface area contributed by atoms with Crippen molar-refractivity contribution in [2.45, 2.75) is 74.6 Å². The van der Waals surface area contributed by atoms with Crippen LogP contribution in [-0.2, 0) is 31.3 Å². The number of aryl methyl sites for hydroxylation is 1. The van der Waals surface area contributed by atoms with Gasteiger partial charge in [0.25, 0.3) is 0 Å². The number of rotatable bonds is 7. The smallest absolute Gasteiger partial charge is 0.337 e. The molecule has 8 nitrogen and oxygen atoms in total. The van der Waals surface area contributed by atoms with Gasteiger partial charge in [0.05, 0.1) is 36.3 Å². The van der Waals surface area contributed by atoms with E-state index in [0.717, 1.165) is 74.5 Å². The van der Waals surface area contributed by atoms with Gasteiger partial charge in [0.2, 0.25) is 10.0 Å². The number of hydrogen-bond donors (Lipinski definition) is 1. The van der Waals surface area contributed by atoms with Crippen molar-refractivity contribution in [1.29, 1.82) is 0 Å². The molecule has 0 radical (unpaired) electrons. The molecule has 4 aliphatic rings. The predicted octanol–water partition coefficient (Wildman–Crippen LogP) is 5.49. The monoisotopic (exact) mass is 630 g/mol. The summed E-state index contributed by atoms with van der Waals surface area (Å²) in [4.78, 5) is 15.0. The molecule has 43 heavy (non-hydrogen) atoms. The van der Waals surface area contributed by atoms with E-state index in [1.807, 2.05) is 18.2 Å². The van der Waals surface area contributed by atoms with Gasteiger partial charge in [0.15, 0.2) is 0 Å². The molecular weight excluding hydrogens is 588 g/mol. The molecule has 1 spiro atoms. The number of carbonyl (C=O) groups is 1. The Morgan fingerprint density at radius 1 is 1.14 bits per heavy atom. The number of anilines is 1. The van der Waals surface area contributed by atoms with Gasteiger partial charge in [-0.1, -0.05) is 24.1 Å². The van der Waals surface area contributed by atoms with E-state index < -0.39 is 15.3 Å². The van der Waals surface area contributed by atoms with Crippen LogP contribution in [0.15, 0.2) is 36.4 Å². The van der Waals surface area contributed by atoms with Crippen LogP contribution in [0.1, 0.15) is 72.9 Å². The molecule has 0 aromatic heterocycles. The lowest BCUT2D eigenvalue weighted by Gasteiger charge is -2.48. The molecule has 1 aliphatic heterocycles. The van der Waals surface area contributed by atoms with Crippen LogP contribution in [0, 0.1) is 17.8 Å². The number of sulfonamides is 1. The number of primary sulfonamides is 1. The topological polar surface area (TPSA) is 108 Å². The van der Waals surface area contributed by atoms with Gasteiger partial charge < -0.3 is 19.1 Å². The lowest BCUT2D eigenvalue weighted by atomic mass is 9.65. The zero-order chi connectivity index (χ0) is 30.4. The number of carbonyl (C=O) groups excluding carboxylic acids is 1. The minimum Gasteiger partial charge on any atom is -0.490 e. The highest BCUT2D eigenvalue weighted by Gasteiger charge is 2.46. The second-order valence-corrected chi connectivity index (χ2v) is 15.4. The standard InChI is InChI=1S/C33H43ClN2O6S/c1-40-31(22-5-3-7-26(16-22)43(35,38)39)27-11-8-24(27)18-36-19-33(14-4-6-21-15-25(34)10-12-28(21)33)20-42-30-13-9-23(17-29(30)36)32(37)41-2/h9-10,12-13,15,17,22,24,26-27,31H,3-8,11,14,16,18-20H2,1-2H3,(H2,35,38,39)/t22-,24-,26?,27+,31-,33-/m0/s1. The summed E-state index contributed by atoms with van der Waals surface area (Å²) in [5.74, 6) is 1.24. The second kappa shape index (κ2) is 12.2. The Morgan fingerprint density at radius 2 is 1.98 bits per heavy atom. The Morgan fingerprint density at radius 3 is 2.70 bits per heavy atom. The van der Waals surface area contributed by atoms with Gasteiger partial charge in [-0.3, -0.25) is 0 Å². The Hall–Kier alpha value is -2.33. The summed E-state index contributed by atoms with van der Waals surface area (Å²) in [6, 6.07) is 11.8. The molecule has 3 aliphatic carbocycles. The molecule has 1 heterocycles. The Balaban J connectivity index is 1.31. The van der Waals surface area contributed by atoms with Crippen molar-refractivity contribution < 1.29 is 27.4 Å². The molecule has 2 saturated carbocycles. The maximum absolute atomic E-state index is 12.6. The van der Waals surface area contributed by atoms with Crippen molar-refractivity contribution in [2.24, 2.45) is 22.9 Å². The van der Waals surface area contributed by atoms with E-state index >= 15 is 0 Å². The molecule has 2 aromatic rings. The van der Waals surface area contributed by atoms with Gasteiger partial charge in [-0.15, -0.1) is 0 Å². The summed E-state index contributed by atoms with van der Waals surface area (Å²) in [5, 5.41) is 5.84. The number of hydrogen-bond acceptors (Lipinski definition) is 7. The van der Waals surface area contributed by atoms with E-state index in [2.05, 4.69) is 17.0 Å². The molecule has 2 N–H and O–H groups in total. The lowest BCUT2D eigenvalue weighted by Crippen LogP contribution is -2.51. The third-order valence-corrected chi connectivity index (χ3v) is 12.3. The number of fused-ring (bicyclic) bond motifs is 3. The van der Waals surface area contributed by atoms with Crippen molar-refractivity contribution in [1.82, 2.24) is 0 Å². The Kier molecular flexibility index (Phi) is 8.72. The first kappa shape index (κ1) is 30.7. The summed E-state index contributed by atoms with van der Waals surface area (Å²) < 4.78 is 42.2. The molecular formula is C33H43ClN2O6S. The first-order valence-electron chi connectivity index (χ1n) is 15.6. The van der Waals surface area contributed by atoms with Crippen LogP contribution in [0.4, 0.5) is 5.69 Å². The first-order chi connectivity index (χ1) is 20.6. The molecule has 0 saturated heterocycles. The highest BCUT2D eigenvalue weighted by Crippen LogP contribution is 2.48. The number of benzene rings is 2. The molecule has 0 bridgehead atoms. The minimum atomic E-state index is -3.57. The number of halogens is 1. The van der Waals surface area contributed by atoms with Crippen LogP contribution in [0.3, 0.4) is 0 Å². The zero-order valence-corrected chi connectivity index (χ0v) is 26.7. The molecule has 234 valence electrons. The van der Waals surface area contributed by atoms with E-state index in [1.165, 1.54) is 18.2 Å². The number of ether oxygens (including phenoxy) is 3. The van der Waals surface area contributed by atoms with Crippen molar-refractivity contribution in [2.75, 3.05) is 38.8 Å². The second-order valence-electron chi connectivity index (χ2n) is 13.1. The van der Waals surface area contributed by atoms with Crippen LogP contribution in [0.25, 0.3) is 0 Å². The van der Waals surface area contributed by atoms with Gasteiger partial charge in [-0.25, -0.2) is 18.4 Å². The molecule has 2 aromatic carbocycles. The molecule has 1 unspecified atom stereocenters. The Labute approximate surface area is 260 Å². The van der Waals surface area contributed by atoms with Gasteiger partial charge in [0.1, 0.15) is 5.75 Å². The number of methoxy groups -OCH3 is 2. The maximum Gasteiger partial charge on any atom is 0.337 e. The number of esters is 1. The third kappa shape index (κ3) is 6.02. The van der Waals surface area contributed by atoms with Crippen LogP contribution in [0.2, 0.25) is 5.02 Å². The SMILES string of the molecule is COC(=O)c1ccc2c(c1)N(C[C@@H]1CC[C@H]1[C@@H](OC)[C@H]1CCCC(S(N)(=O)=O)C1)C[C@@]1(CCCc3cc(Cl)ccc31)CO2. The lowest BCUT2D eigenvalue weighted by molar-refractivity contribution is -0.0588. The molecule has 6 atom stereocenters. The zero-order valence-electron chi connectivity index (χ0n) is 25.1. The van der Waals surface area contributed by atoms with E-state index in [0.29, 0.717) is 36.8 Å². The van der Waals surface area contributed by atoms with Crippen molar-refractivity contribution in [3.63, 3.8) is 0 Å². The number of nitrogens with two attached hydrogens (primary N) is 1. The predicted molar refractivity (Wildman–Crippen MR) is 167 cm³/mol. The largest absolute Gasteiger partial charge is 0.490 e. The van der Waals surface area contributed by atoms with Gasteiger partial charge in [0, 0.05) is 30.6 Å². The van der Waals surface area contributed by atoms with Gasteiger partial charge in [-0.2, -0.15) is 0 Å². The molecule has 10 heteroatoms. The van der Waals surface area contributed by atoms with E-state index in [4.69, 9.17) is 31.0 Å². The van der Waals surface area contributed by atoms with Gasteiger partial charge in [-0.05, 0) is 111 Å². The van der Waals surface area contributed by atoms with Crippen LogP contribution in [-0.4, -0.2) is 59.7 Å². The highest BCUT2D eigenvalue weighted by molar-refractivity contribution is 7.89. The van der Waals surface area contributed by atoms with E-state index in [1.54, 1.807) is 13.2 Å². The Bertz CT molecular complexity index is 1470. The van der Waals surface area contributed by atoms with Crippen LogP contribution < -0.4 is 14.8 Å². The summed E-state index contributed by atoms with van der Waals surface area (Å²) in [6.07, 6.45) is 8.15. The maximum atomic E-state index is 12.6. The fraction of sp³-hybridized carbons (Fsp3) is 0.606. The van der Waals surface area contributed by atoms with Crippen molar-refractivity contribution >= 4 is 33.3 Å². The van der Waals surface area contributed by atoms with Crippen molar-refractivity contribution in [3.8, 4) is 5.75 Å². The van der Waals surface area contributed by atoms with Crippen molar-refractivity contribution in [3.05, 3.63) is 58.1 Å². The summed E-state index contributed by atoms with van der Waals surface area (Å²) in [6.45, 7) is 2.10. The minimum absolute atomic E-state index is 0.0149.